The summed E-state index contributed by atoms with van der Waals surface area (Å²) in [6.45, 7) is 0. The molecule has 0 heterocycles. The van der Waals surface area contributed by atoms with Crippen molar-refractivity contribution in [2.75, 3.05) is 7.11 Å². The molecule has 0 bridgehead atoms. The van der Waals surface area contributed by atoms with Crippen LogP contribution in [0.1, 0.15) is 12.0 Å². The summed E-state index contributed by atoms with van der Waals surface area (Å²) in [7, 11) is 0.943. The van der Waals surface area contributed by atoms with Crippen LogP contribution in [0.25, 0.3) is 0 Å². The van der Waals surface area contributed by atoms with Crippen LogP contribution in [0, 0.1) is 0 Å². The van der Waals surface area contributed by atoms with Gasteiger partial charge in [-0.2, -0.15) is 70.2 Å². The summed E-state index contributed by atoms with van der Waals surface area (Å²) in [6, 6.07) is 1.33. The van der Waals surface area contributed by atoms with Crippen molar-refractivity contribution < 1.29 is 80.1 Å². The van der Waals surface area contributed by atoms with Gasteiger partial charge in [0.15, 0.2) is 5.60 Å². The molecule has 1 rings (SSSR count). The van der Waals surface area contributed by atoms with Crippen molar-refractivity contribution >= 4 is 0 Å². The minimum Gasteiger partial charge on any atom is -0.497 e. The maximum Gasteiger partial charge on any atom is 0.460 e. The first-order chi connectivity index (χ1) is 14.7. The van der Waals surface area contributed by atoms with Gasteiger partial charge < -0.3 is 9.84 Å². The molecule has 0 fully saturated rings. The molecule has 18 heteroatoms. The molecule has 1 N–H and O–H groups in total. The first kappa shape index (κ1) is 29.9. The molecule has 0 aliphatic rings. The van der Waals surface area contributed by atoms with Crippen LogP contribution in [-0.4, -0.2) is 54.2 Å². The summed E-state index contributed by atoms with van der Waals surface area (Å²) in [6.07, 6.45) is -18.0. The number of alkyl halides is 16. The average molecular weight is 538 g/mol. The molecular weight excluding hydrogens is 528 g/mol. The zero-order valence-electron chi connectivity index (χ0n) is 15.9. The molecular formula is C16H10F16O2. The SMILES string of the molecule is COc1ccc(C(O)(CC(F)(F)C(F)(F)C(F)(F)C(F)(F)C(F)(F)C(F)(F)F)C(F)(F)F)cc1. The highest BCUT2D eigenvalue weighted by atomic mass is 19.4. The fourth-order valence-corrected chi connectivity index (χ4v) is 2.47. The highest BCUT2D eigenvalue weighted by Gasteiger charge is 2.91. The number of methoxy groups -OCH3 is 1. The Hall–Kier alpha value is -2.14. The Kier molecular flexibility index (Phi) is 7.23. The summed E-state index contributed by atoms with van der Waals surface area (Å²) < 4.78 is 215. The van der Waals surface area contributed by atoms with E-state index >= 15 is 0 Å². The largest absolute Gasteiger partial charge is 0.497 e. The van der Waals surface area contributed by atoms with Gasteiger partial charge in [-0.3, -0.25) is 0 Å². The maximum atomic E-state index is 14.0. The Morgan fingerprint density at radius 1 is 0.588 bits per heavy atom. The Labute approximate surface area is 178 Å². The van der Waals surface area contributed by atoms with Crippen molar-refractivity contribution in [3.05, 3.63) is 29.8 Å². The fourth-order valence-electron chi connectivity index (χ4n) is 2.47. The van der Waals surface area contributed by atoms with Gasteiger partial charge in [0, 0.05) is 0 Å². The predicted octanol–water partition coefficient (Wildman–Crippen LogP) is 6.57. The molecule has 0 saturated heterocycles. The van der Waals surface area contributed by atoms with Gasteiger partial charge in [-0.15, -0.1) is 0 Å². The van der Waals surface area contributed by atoms with E-state index in [4.69, 9.17) is 0 Å². The third-order valence-corrected chi connectivity index (χ3v) is 4.51. The topological polar surface area (TPSA) is 29.5 Å². The molecule has 0 aliphatic carbocycles. The Bertz CT molecular complexity index is 855. The second kappa shape index (κ2) is 8.22. The van der Waals surface area contributed by atoms with Gasteiger partial charge in [-0.25, -0.2) is 0 Å². The van der Waals surface area contributed by atoms with Crippen molar-refractivity contribution in [2.24, 2.45) is 0 Å². The first-order valence-corrected chi connectivity index (χ1v) is 8.14. The molecule has 0 radical (unpaired) electrons. The van der Waals surface area contributed by atoms with E-state index in [1.807, 2.05) is 0 Å². The van der Waals surface area contributed by atoms with Crippen molar-refractivity contribution in [2.45, 2.75) is 54.0 Å². The van der Waals surface area contributed by atoms with Gasteiger partial charge in [0.2, 0.25) is 0 Å². The second-order valence-electron chi connectivity index (χ2n) is 6.76. The van der Waals surface area contributed by atoms with Crippen molar-refractivity contribution in [1.82, 2.24) is 0 Å². The summed E-state index contributed by atoms with van der Waals surface area (Å²) in [5.74, 6) is -40.0. The maximum absolute atomic E-state index is 14.0. The molecule has 0 spiro atoms. The van der Waals surface area contributed by atoms with E-state index in [0.717, 1.165) is 7.11 Å². The van der Waals surface area contributed by atoms with Crippen LogP contribution in [-0.2, 0) is 5.60 Å². The van der Waals surface area contributed by atoms with Gasteiger partial charge >= 0.3 is 42.0 Å². The minimum atomic E-state index is -8.28. The lowest BCUT2D eigenvalue weighted by Gasteiger charge is -2.42. The molecule has 2 nitrogen and oxygen atoms in total. The van der Waals surface area contributed by atoms with Crippen molar-refractivity contribution in [3.8, 4) is 5.75 Å². The molecule has 1 aromatic rings. The van der Waals surface area contributed by atoms with Crippen LogP contribution in [0.3, 0.4) is 0 Å². The Morgan fingerprint density at radius 2 is 0.971 bits per heavy atom. The molecule has 1 aromatic carbocycles. The van der Waals surface area contributed by atoms with Gasteiger partial charge in [0.05, 0.1) is 13.5 Å². The fraction of sp³-hybridized carbons (Fsp3) is 0.625. The van der Waals surface area contributed by atoms with Crippen LogP contribution in [0.5, 0.6) is 5.75 Å². The number of rotatable bonds is 8. The zero-order chi connectivity index (χ0) is 27.4. The predicted molar refractivity (Wildman–Crippen MR) is 78.4 cm³/mol. The zero-order valence-corrected chi connectivity index (χ0v) is 15.9. The van der Waals surface area contributed by atoms with E-state index < -0.39 is 59.6 Å². The highest BCUT2D eigenvalue weighted by Crippen LogP contribution is 2.62. The van der Waals surface area contributed by atoms with Crippen molar-refractivity contribution in [3.63, 3.8) is 0 Å². The third-order valence-electron chi connectivity index (χ3n) is 4.51. The average Bonchev–Trinajstić information content (AvgIpc) is 2.65. The monoisotopic (exact) mass is 538 g/mol. The normalized spacial score (nSPS) is 16.9. The van der Waals surface area contributed by atoms with Crippen LogP contribution in [0.2, 0.25) is 0 Å². The summed E-state index contributed by atoms with van der Waals surface area (Å²) in [5.41, 5.74) is -6.95. The molecule has 0 aromatic heterocycles. The quantitative estimate of drug-likeness (QED) is 0.380. The number of hydrogen-bond acceptors (Lipinski definition) is 2. The highest BCUT2D eigenvalue weighted by molar-refractivity contribution is 5.32. The van der Waals surface area contributed by atoms with E-state index in [-0.39, 0.29) is 17.9 Å². The first-order valence-electron chi connectivity index (χ1n) is 8.14. The number of aliphatic hydroxyl groups is 1. The molecule has 1 unspecified atom stereocenters. The molecule has 0 amide bonds. The summed E-state index contributed by atoms with van der Waals surface area (Å²) >= 11 is 0. The third kappa shape index (κ3) is 4.32. The van der Waals surface area contributed by atoms with E-state index in [1.165, 1.54) is 0 Å². The van der Waals surface area contributed by atoms with Gasteiger partial charge in [0.1, 0.15) is 5.75 Å². The van der Waals surface area contributed by atoms with Crippen molar-refractivity contribution in [1.29, 1.82) is 0 Å². The lowest BCUT2D eigenvalue weighted by molar-refractivity contribution is -0.443. The molecule has 198 valence electrons. The summed E-state index contributed by atoms with van der Waals surface area (Å²) in [5, 5.41) is 9.70. The van der Waals surface area contributed by atoms with Crippen LogP contribution < -0.4 is 4.74 Å². The van der Waals surface area contributed by atoms with E-state index in [9.17, 15) is 75.4 Å². The minimum absolute atomic E-state index is 0.130. The van der Waals surface area contributed by atoms with Gasteiger partial charge in [-0.05, 0) is 17.7 Å². The van der Waals surface area contributed by atoms with Gasteiger partial charge in [-0.1, -0.05) is 12.1 Å². The lowest BCUT2D eigenvalue weighted by atomic mass is 9.82. The summed E-state index contributed by atoms with van der Waals surface area (Å²) in [4.78, 5) is 0. The second-order valence-corrected chi connectivity index (χ2v) is 6.76. The molecule has 0 saturated carbocycles. The smallest absolute Gasteiger partial charge is 0.460 e. The molecule has 0 aliphatic heterocycles. The number of ether oxygens (including phenoxy) is 1. The molecule has 34 heavy (non-hydrogen) atoms. The Morgan fingerprint density at radius 3 is 1.29 bits per heavy atom. The lowest BCUT2D eigenvalue weighted by Crippen LogP contribution is -2.70. The number of halogens is 16. The standard InChI is InChI=1S/C16H10F16O2/c1-34-8-4-2-7(3-5-8)9(33,15(27,28)29)6-10(17,18)11(19,20)12(21,22)13(23,24)14(25,26)16(30,31)32/h2-5,33H,6H2,1H3. The van der Waals surface area contributed by atoms with E-state index in [1.54, 1.807) is 0 Å². The van der Waals surface area contributed by atoms with E-state index in [2.05, 4.69) is 4.74 Å². The van der Waals surface area contributed by atoms with E-state index in [0.29, 0.717) is 12.1 Å². The van der Waals surface area contributed by atoms with Crippen LogP contribution >= 0.6 is 0 Å². The number of hydrogen-bond donors (Lipinski definition) is 1. The van der Waals surface area contributed by atoms with Crippen LogP contribution in [0.4, 0.5) is 70.2 Å². The van der Waals surface area contributed by atoms with Gasteiger partial charge in [0.25, 0.3) is 0 Å². The van der Waals surface area contributed by atoms with Crippen LogP contribution in [0.15, 0.2) is 24.3 Å². The molecule has 1 atom stereocenters. The Balaban J connectivity index is 3.65. The number of benzene rings is 1.